The van der Waals surface area contributed by atoms with Crippen LogP contribution in [0.25, 0.3) is 0 Å². The van der Waals surface area contributed by atoms with Crippen LogP contribution < -0.4 is 11.1 Å². The van der Waals surface area contributed by atoms with E-state index < -0.39 is 5.54 Å². The van der Waals surface area contributed by atoms with E-state index in [9.17, 15) is 4.79 Å². The maximum absolute atomic E-state index is 12.5. The molecule has 0 radical (unpaired) electrons. The first kappa shape index (κ1) is 15.9. The molecule has 0 unspecified atom stereocenters. The van der Waals surface area contributed by atoms with Gasteiger partial charge in [0.25, 0.3) is 0 Å². The maximum Gasteiger partial charge on any atom is 0.318 e. The molecule has 1 aliphatic carbocycles. The number of carbonyl (C=O) groups is 1. The van der Waals surface area contributed by atoms with Crippen molar-refractivity contribution in [2.45, 2.75) is 57.9 Å². The van der Waals surface area contributed by atoms with Crippen LogP contribution >= 0.6 is 0 Å². The van der Waals surface area contributed by atoms with Crippen LogP contribution in [0.5, 0.6) is 0 Å². The van der Waals surface area contributed by atoms with Gasteiger partial charge in [0.2, 0.25) is 0 Å². The Morgan fingerprint density at radius 2 is 1.71 bits per heavy atom. The average Bonchev–Trinajstić information content (AvgIpc) is 2.49. The summed E-state index contributed by atoms with van der Waals surface area (Å²) in [5.74, 6) is 1.44. The molecule has 0 bridgehead atoms. The number of hydrogen-bond donors (Lipinski definition) is 3. The minimum absolute atomic E-state index is 0.0805. The molecule has 120 valence electrons. The Labute approximate surface area is 126 Å². The summed E-state index contributed by atoms with van der Waals surface area (Å²) in [6, 6.07) is -0.0805. The van der Waals surface area contributed by atoms with E-state index in [1.54, 1.807) is 0 Å². The number of oxime groups is 1. The number of likely N-dealkylation sites (tertiary alicyclic amines) is 1. The molecule has 2 fully saturated rings. The van der Waals surface area contributed by atoms with Gasteiger partial charge in [-0.2, -0.15) is 0 Å². The minimum Gasteiger partial charge on any atom is -0.409 e. The Morgan fingerprint density at radius 3 is 2.24 bits per heavy atom. The Morgan fingerprint density at radius 1 is 1.19 bits per heavy atom. The van der Waals surface area contributed by atoms with Crippen LogP contribution in [0.1, 0.15) is 52.4 Å². The highest BCUT2D eigenvalue weighted by molar-refractivity contribution is 5.93. The summed E-state index contributed by atoms with van der Waals surface area (Å²) in [4.78, 5) is 14.4. The van der Waals surface area contributed by atoms with E-state index in [0.29, 0.717) is 11.8 Å². The lowest BCUT2D eigenvalue weighted by Crippen LogP contribution is -2.62. The van der Waals surface area contributed by atoms with Gasteiger partial charge in [-0.25, -0.2) is 4.79 Å². The highest BCUT2D eigenvalue weighted by Gasteiger charge is 2.40. The molecule has 6 heteroatoms. The zero-order chi connectivity index (χ0) is 15.5. The lowest BCUT2D eigenvalue weighted by Gasteiger charge is -2.41. The molecule has 1 saturated heterocycles. The number of amidine groups is 1. The number of rotatable bonds is 2. The van der Waals surface area contributed by atoms with Gasteiger partial charge in [0.1, 0.15) is 5.54 Å². The quantitative estimate of drug-likeness (QED) is 0.315. The number of nitrogens with one attached hydrogen (secondary N) is 1. The van der Waals surface area contributed by atoms with Gasteiger partial charge in [0, 0.05) is 13.1 Å². The Hall–Kier alpha value is -1.46. The second kappa shape index (κ2) is 6.54. The second-order valence-electron chi connectivity index (χ2n) is 6.85. The Kier molecular flexibility index (Phi) is 4.96. The van der Waals surface area contributed by atoms with Crippen molar-refractivity contribution in [2.75, 3.05) is 13.1 Å². The number of carbonyl (C=O) groups excluding carboxylic acids is 1. The van der Waals surface area contributed by atoms with Crippen molar-refractivity contribution >= 4 is 11.9 Å². The van der Waals surface area contributed by atoms with Gasteiger partial charge >= 0.3 is 6.03 Å². The largest absolute Gasteiger partial charge is 0.409 e. The molecule has 2 rings (SSSR count). The summed E-state index contributed by atoms with van der Waals surface area (Å²) in [7, 11) is 0. The molecule has 2 aliphatic rings. The van der Waals surface area contributed by atoms with Crippen LogP contribution in [0.4, 0.5) is 4.79 Å². The van der Waals surface area contributed by atoms with Gasteiger partial charge in [0.15, 0.2) is 5.84 Å². The molecule has 2 amide bonds. The molecule has 0 aromatic heterocycles. The van der Waals surface area contributed by atoms with Crippen LogP contribution in [-0.4, -0.2) is 40.6 Å². The summed E-state index contributed by atoms with van der Waals surface area (Å²) in [5.41, 5.74) is 5.22. The number of nitrogens with zero attached hydrogens (tertiary/aromatic N) is 2. The van der Waals surface area contributed by atoms with E-state index in [2.05, 4.69) is 24.3 Å². The van der Waals surface area contributed by atoms with Crippen molar-refractivity contribution in [3.8, 4) is 0 Å². The smallest absolute Gasteiger partial charge is 0.318 e. The van der Waals surface area contributed by atoms with E-state index >= 15 is 0 Å². The predicted octanol–water partition coefficient (Wildman–Crippen LogP) is 2.12. The van der Waals surface area contributed by atoms with Crippen LogP contribution in [0.2, 0.25) is 0 Å². The topological polar surface area (TPSA) is 91.0 Å². The Bertz CT molecular complexity index is 394. The minimum atomic E-state index is -0.679. The van der Waals surface area contributed by atoms with E-state index in [0.717, 1.165) is 51.6 Å². The van der Waals surface area contributed by atoms with Crippen molar-refractivity contribution in [1.29, 1.82) is 0 Å². The summed E-state index contributed by atoms with van der Waals surface area (Å²) >= 11 is 0. The van der Waals surface area contributed by atoms with Crippen LogP contribution in [0.3, 0.4) is 0 Å². The van der Waals surface area contributed by atoms with E-state index in [4.69, 9.17) is 10.9 Å². The molecular weight excluding hydrogens is 268 g/mol. The molecule has 4 N–H and O–H groups in total. The first-order valence-electron chi connectivity index (χ1n) is 8.02. The van der Waals surface area contributed by atoms with E-state index in [1.165, 1.54) is 0 Å². The van der Waals surface area contributed by atoms with E-state index in [1.807, 2.05) is 4.90 Å². The van der Waals surface area contributed by atoms with Crippen LogP contribution in [-0.2, 0) is 0 Å². The molecule has 1 heterocycles. The maximum atomic E-state index is 12.5. The molecule has 0 spiro atoms. The first-order valence-corrected chi connectivity index (χ1v) is 8.02. The van der Waals surface area contributed by atoms with Gasteiger partial charge in [-0.15, -0.1) is 0 Å². The number of urea groups is 1. The van der Waals surface area contributed by atoms with Crippen molar-refractivity contribution in [1.82, 2.24) is 10.2 Å². The molecule has 1 saturated carbocycles. The molecule has 0 atom stereocenters. The third kappa shape index (κ3) is 3.60. The number of hydrogen-bond acceptors (Lipinski definition) is 3. The van der Waals surface area contributed by atoms with Gasteiger partial charge in [-0.3, -0.25) is 0 Å². The lowest BCUT2D eigenvalue weighted by atomic mass is 9.76. The molecule has 6 nitrogen and oxygen atoms in total. The normalized spacial score (nSPS) is 32.0. The van der Waals surface area contributed by atoms with Gasteiger partial charge < -0.3 is 21.2 Å². The number of piperidine rings is 1. The third-order valence-corrected chi connectivity index (χ3v) is 5.14. The van der Waals surface area contributed by atoms with E-state index in [-0.39, 0.29) is 11.9 Å². The van der Waals surface area contributed by atoms with Crippen molar-refractivity contribution in [3.05, 3.63) is 0 Å². The summed E-state index contributed by atoms with van der Waals surface area (Å²) in [6.07, 6.45) is 5.52. The SMILES string of the molecule is CC1CCN(C(=O)NC2(C(N)=NO)CCC(C)CC2)CC1. The number of nitrogens with two attached hydrogens (primary N) is 1. The summed E-state index contributed by atoms with van der Waals surface area (Å²) < 4.78 is 0. The van der Waals surface area contributed by atoms with Gasteiger partial charge in [-0.1, -0.05) is 19.0 Å². The first-order chi connectivity index (χ1) is 9.97. The van der Waals surface area contributed by atoms with Gasteiger partial charge in [0.05, 0.1) is 0 Å². The second-order valence-corrected chi connectivity index (χ2v) is 6.85. The molecule has 0 aromatic carbocycles. The van der Waals surface area contributed by atoms with Crippen LogP contribution in [0.15, 0.2) is 5.16 Å². The number of amides is 2. The lowest BCUT2D eigenvalue weighted by molar-refractivity contribution is 0.158. The zero-order valence-corrected chi connectivity index (χ0v) is 13.1. The monoisotopic (exact) mass is 296 g/mol. The zero-order valence-electron chi connectivity index (χ0n) is 13.1. The molecular formula is C15H28N4O2. The average molecular weight is 296 g/mol. The molecule has 1 aliphatic heterocycles. The Balaban J connectivity index is 2.03. The third-order valence-electron chi connectivity index (χ3n) is 5.14. The highest BCUT2D eigenvalue weighted by atomic mass is 16.4. The standard InChI is InChI=1S/C15H28N4O2/c1-11-3-7-15(8-4-11,13(16)18-21)17-14(20)19-9-5-12(2)6-10-19/h11-12,21H,3-10H2,1-2H3,(H2,16,18)(H,17,20). The summed E-state index contributed by atoms with van der Waals surface area (Å²) in [6.45, 7) is 5.99. The van der Waals surface area contributed by atoms with Crippen molar-refractivity contribution < 1.29 is 10.0 Å². The summed E-state index contributed by atoms with van der Waals surface area (Å²) in [5, 5.41) is 15.3. The fourth-order valence-corrected chi connectivity index (χ4v) is 3.29. The van der Waals surface area contributed by atoms with Crippen molar-refractivity contribution in [2.24, 2.45) is 22.7 Å². The van der Waals surface area contributed by atoms with Crippen molar-refractivity contribution in [3.63, 3.8) is 0 Å². The fraction of sp³-hybridized carbons (Fsp3) is 0.867. The molecule has 21 heavy (non-hydrogen) atoms. The fourth-order valence-electron chi connectivity index (χ4n) is 3.29. The molecule has 0 aromatic rings. The predicted molar refractivity (Wildman–Crippen MR) is 82.3 cm³/mol. The highest BCUT2D eigenvalue weighted by Crippen LogP contribution is 2.32. The van der Waals surface area contributed by atoms with Crippen LogP contribution in [0, 0.1) is 11.8 Å². The van der Waals surface area contributed by atoms with Gasteiger partial charge in [-0.05, 0) is 50.4 Å².